The van der Waals surface area contributed by atoms with Gasteiger partial charge in [-0.3, -0.25) is 4.79 Å². The van der Waals surface area contributed by atoms with Crippen LogP contribution in [-0.4, -0.2) is 22.2 Å². The van der Waals surface area contributed by atoms with Gasteiger partial charge in [-0.2, -0.15) is 5.10 Å². The molecule has 128 valence electrons. The molecule has 1 aromatic heterocycles. The molecule has 1 unspecified atom stereocenters. The lowest BCUT2D eigenvalue weighted by atomic mass is 9.88. The first-order valence-electron chi connectivity index (χ1n) is 8.58. The van der Waals surface area contributed by atoms with E-state index >= 15 is 0 Å². The van der Waals surface area contributed by atoms with Crippen LogP contribution in [-0.2, 0) is 0 Å². The van der Waals surface area contributed by atoms with Gasteiger partial charge in [0.05, 0.1) is 5.69 Å². The van der Waals surface area contributed by atoms with E-state index in [1.807, 2.05) is 54.7 Å². The monoisotopic (exact) mass is 333 g/mol. The first-order valence-corrected chi connectivity index (χ1v) is 8.58. The molecule has 4 nitrogen and oxygen atoms in total. The lowest BCUT2D eigenvalue weighted by molar-refractivity contribution is 0.0949. The Bertz CT molecular complexity index is 793. The summed E-state index contributed by atoms with van der Waals surface area (Å²) >= 11 is 0. The van der Waals surface area contributed by atoms with Crippen molar-refractivity contribution in [2.75, 3.05) is 6.54 Å². The fourth-order valence-corrected chi connectivity index (χ4v) is 2.93. The number of carbonyl (C=O) groups excluding carboxylic acids is 1. The Hall–Kier alpha value is -2.88. The minimum atomic E-state index is -0.0476. The molecular weight excluding hydrogens is 310 g/mol. The van der Waals surface area contributed by atoms with Gasteiger partial charge in [0.1, 0.15) is 0 Å². The third-order valence-electron chi connectivity index (χ3n) is 4.41. The Morgan fingerprint density at radius 3 is 2.36 bits per heavy atom. The van der Waals surface area contributed by atoms with Gasteiger partial charge in [0.2, 0.25) is 0 Å². The Balaban J connectivity index is 1.65. The van der Waals surface area contributed by atoms with Gasteiger partial charge in [0.15, 0.2) is 0 Å². The van der Waals surface area contributed by atoms with Crippen molar-refractivity contribution in [3.8, 4) is 5.69 Å². The van der Waals surface area contributed by atoms with E-state index in [4.69, 9.17) is 0 Å². The molecular formula is C21H23N3O. The zero-order chi connectivity index (χ0) is 17.6. The second-order valence-corrected chi connectivity index (χ2v) is 6.47. The number of aromatic nitrogens is 2. The molecule has 3 aromatic rings. The van der Waals surface area contributed by atoms with Gasteiger partial charge in [-0.1, -0.05) is 44.2 Å². The van der Waals surface area contributed by atoms with Gasteiger partial charge in [0, 0.05) is 30.4 Å². The highest BCUT2D eigenvalue weighted by molar-refractivity contribution is 5.94. The number of nitrogens with one attached hydrogen (secondary N) is 1. The molecule has 0 fully saturated rings. The minimum Gasteiger partial charge on any atom is -0.351 e. The summed E-state index contributed by atoms with van der Waals surface area (Å²) in [5.74, 6) is 0.701. The SMILES string of the molecule is CC(C)C(CNC(=O)c1ccc(-n2cccn2)cc1)c1ccccc1. The lowest BCUT2D eigenvalue weighted by Crippen LogP contribution is -2.30. The number of rotatable bonds is 6. The van der Waals surface area contributed by atoms with Gasteiger partial charge in [-0.25, -0.2) is 4.68 Å². The molecule has 0 saturated carbocycles. The van der Waals surface area contributed by atoms with Crippen LogP contribution in [0.2, 0.25) is 0 Å². The molecule has 3 rings (SSSR count). The topological polar surface area (TPSA) is 46.9 Å². The second-order valence-electron chi connectivity index (χ2n) is 6.47. The van der Waals surface area contributed by atoms with Crippen molar-refractivity contribution in [1.29, 1.82) is 0 Å². The third-order valence-corrected chi connectivity index (χ3v) is 4.41. The molecule has 2 aromatic carbocycles. The van der Waals surface area contributed by atoms with Crippen molar-refractivity contribution in [2.45, 2.75) is 19.8 Å². The van der Waals surface area contributed by atoms with E-state index in [1.54, 1.807) is 10.9 Å². The molecule has 0 spiro atoms. The highest BCUT2D eigenvalue weighted by atomic mass is 16.1. The number of benzene rings is 2. The fraction of sp³-hybridized carbons (Fsp3) is 0.238. The smallest absolute Gasteiger partial charge is 0.251 e. The maximum Gasteiger partial charge on any atom is 0.251 e. The van der Waals surface area contributed by atoms with E-state index in [1.165, 1.54) is 5.56 Å². The first kappa shape index (κ1) is 17.0. The highest BCUT2D eigenvalue weighted by Crippen LogP contribution is 2.23. The molecule has 0 aliphatic heterocycles. The van der Waals surface area contributed by atoms with Crippen molar-refractivity contribution < 1.29 is 4.79 Å². The van der Waals surface area contributed by atoms with Gasteiger partial charge in [-0.05, 0) is 41.8 Å². The molecule has 1 amide bonds. The molecule has 0 radical (unpaired) electrons. The molecule has 1 heterocycles. The summed E-state index contributed by atoms with van der Waals surface area (Å²) < 4.78 is 1.77. The summed E-state index contributed by atoms with van der Waals surface area (Å²) in [7, 11) is 0. The molecule has 0 aliphatic rings. The average Bonchev–Trinajstić information content (AvgIpc) is 3.17. The fourth-order valence-electron chi connectivity index (χ4n) is 2.93. The zero-order valence-electron chi connectivity index (χ0n) is 14.6. The number of hydrogen-bond acceptors (Lipinski definition) is 2. The van der Waals surface area contributed by atoms with Gasteiger partial charge in [0.25, 0.3) is 5.91 Å². The lowest BCUT2D eigenvalue weighted by Gasteiger charge is -2.22. The largest absolute Gasteiger partial charge is 0.351 e. The average molecular weight is 333 g/mol. The maximum atomic E-state index is 12.5. The van der Waals surface area contributed by atoms with Crippen molar-refractivity contribution in [3.05, 3.63) is 84.2 Å². The van der Waals surface area contributed by atoms with Crippen LogP contribution in [0.25, 0.3) is 5.69 Å². The Labute approximate surface area is 148 Å². The minimum absolute atomic E-state index is 0.0476. The Kier molecular flexibility index (Phi) is 5.29. The quantitative estimate of drug-likeness (QED) is 0.740. The van der Waals surface area contributed by atoms with E-state index in [0.717, 1.165) is 5.69 Å². The molecule has 0 aliphatic carbocycles. The van der Waals surface area contributed by atoms with Crippen LogP contribution in [0, 0.1) is 5.92 Å². The summed E-state index contributed by atoms with van der Waals surface area (Å²) in [6, 6.07) is 19.7. The first-order chi connectivity index (χ1) is 12.1. The third kappa shape index (κ3) is 4.15. The van der Waals surface area contributed by atoms with E-state index < -0.39 is 0 Å². The van der Waals surface area contributed by atoms with Crippen LogP contribution in [0.5, 0.6) is 0 Å². The normalized spacial score (nSPS) is 12.1. The summed E-state index contributed by atoms with van der Waals surface area (Å²) in [6.07, 6.45) is 3.61. The van der Waals surface area contributed by atoms with Crippen LogP contribution in [0.1, 0.15) is 35.7 Å². The Morgan fingerprint density at radius 1 is 1.04 bits per heavy atom. The van der Waals surface area contributed by atoms with Crippen LogP contribution >= 0.6 is 0 Å². The number of amides is 1. The van der Waals surface area contributed by atoms with E-state index in [2.05, 4.69) is 36.4 Å². The van der Waals surface area contributed by atoms with Crippen molar-refractivity contribution >= 4 is 5.91 Å². The maximum absolute atomic E-state index is 12.5. The van der Waals surface area contributed by atoms with E-state index in [-0.39, 0.29) is 5.91 Å². The van der Waals surface area contributed by atoms with Crippen LogP contribution in [0.15, 0.2) is 73.1 Å². The Morgan fingerprint density at radius 2 is 1.76 bits per heavy atom. The summed E-state index contributed by atoms with van der Waals surface area (Å²) in [5, 5.41) is 7.26. The van der Waals surface area contributed by atoms with Crippen molar-refractivity contribution in [2.24, 2.45) is 5.92 Å². The van der Waals surface area contributed by atoms with E-state index in [9.17, 15) is 4.79 Å². The zero-order valence-corrected chi connectivity index (χ0v) is 14.6. The predicted molar refractivity (Wildman–Crippen MR) is 99.9 cm³/mol. The molecule has 4 heteroatoms. The number of nitrogens with zero attached hydrogens (tertiary/aromatic N) is 2. The number of hydrogen-bond donors (Lipinski definition) is 1. The molecule has 25 heavy (non-hydrogen) atoms. The van der Waals surface area contributed by atoms with Gasteiger partial charge >= 0.3 is 0 Å². The standard InChI is InChI=1S/C21H23N3O/c1-16(2)20(17-7-4-3-5-8-17)15-22-21(25)18-9-11-19(12-10-18)24-14-6-13-23-24/h3-14,16,20H,15H2,1-2H3,(H,22,25). The van der Waals surface area contributed by atoms with Gasteiger partial charge in [-0.15, -0.1) is 0 Å². The second kappa shape index (κ2) is 7.79. The molecule has 1 atom stereocenters. The molecule has 0 bridgehead atoms. The van der Waals surface area contributed by atoms with Gasteiger partial charge < -0.3 is 5.32 Å². The molecule has 1 N–H and O–H groups in total. The van der Waals surface area contributed by atoms with Crippen LogP contribution < -0.4 is 5.32 Å². The molecule has 0 saturated heterocycles. The van der Waals surface area contributed by atoms with Crippen molar-refractivity contribution in [3.63, 3.8) is 0 Å². The van der Waals surface area contributed by atoms with E-state index in [0.29, 0.717) is 23.9 Å². The summed E-state index contributed by atoms with van der Waals surface area (Å²) in [6.45, 7) is 4.99. The van der Waals surface area contributed by atoms with Crippen molar-refractivity contribution in [1.82, 2.24) is 15.1 Å². The summed E-state index contributed by atoms with van der Waals surface area (Å²) in [4.78, 5) is 12.5. The summed E-state index contributed by atoms with van der Waals surface area (Å²) in [5.41, 5.74) is 2.85. The predicted octanol–water partition coefficient (Wildman–Crippen LogP) is 4.04. The van der Waals surface area contributed by atoms with Crippen LogP contribution in [0.4, 0.5) is 0 Å². The van der Waals surface area contributed by atoms with Crippen LogP contribution in [0.3, 0.4) is 0 Å². The number of carbonyl (C=O) groups is 1. The highest BCUT2D eigenvalue weighted by Gasteiger charge is 2.17.